The van der Waals surface area contributed by atoms with Crippen LogP contribution in [0, 0.1) is 13.8 Å². The second-order valence-corrected chi connectivity index (χ2v) is 8.60. The Kier molecular flexibility index (Phi) is 6.64. The summed E-state index contributed by atoms with van der Waals surface area (Å²) >= 11 is 0. The molecule has 3 aromatic rings. The molecule has 0 aliphatic carbocycles. The first kappa shape index (κ1) is 25.1. The van der Waals surface area contributed by atoms with Crippen molar-refractivity contribution in [3.8, 4) is 0 Å². The molecule has 188 valence electrons. The molecule has 4 rings (SSSR count). The fourth-order valence-electron chi connectivity index (χ4n) is 3.98. The largest absolute Gasteiger partial charge is 0.417 e. The third kappa shape index (κ3) is 4.99. The number of halogens is 3. The van der Waals surface area contributed by atoms with Gasteiger partial charge in [-0.2, -0.15) is 13.2 Å². The van der Waals surface area contributed by atoms with E-state index in [1.54, 1.807) is 12.1 Å². The van der Waals surface area contributed by atoms with Gasteiger partial charge in [0.2, 0.25) is 5.66 Å². The summed E-state index contributed by atoms with van der Waals surface area (Å²) < 4.78 is 45.2. The predicted octanol–water partition coefficient (Wildman–Crippen LogP) is 5.39. The maximum absolute atomic E-state index is 13.3. The molecule has 1 heterocycles. The van der Waals surface area contributed by atoms with Gasteiger partial charge in [-0.1, -0.05) is 18.2 Å². The van der Waals surface area contributed by atoms with Crippen LogP contribution in [0.1, 0.15) is 27.0 Å². The average molecular weight is 499 g/mol. The lowest BCUT2D eigenvalue weighted by atomic mass is 10.1. The lowest BCUT2D eigenvalue weighted by Crippen LogP contribution is -2.56. The molecule has 0 spiro atoms. The molecule has 36 heavy (non-hydrogen) atoms. The number of carbonyl (C=O) groups excluding carboxylic acids is 2. The van der Waals surface area contributed by atoms with E-state index in [1.165, 1.54) is 31.4 Å². The summed E-state index contributed by atoms with van der Waals surface area (Å²) in [7, 11) is 1.46. The topological polar surface area (TPSA) is 91.5 Å². The number of carbonyl (C=O) groups is 2. The molecule has 0 radical (unpaired) electrons. The van der Waals surface area contributed by atoms with Gasteiger partial charge in [0.1, 0.15) is 0 Å². The molecule has 1 unspecified atom stereocenters. The first-order chi connectivity index (χ1) is 17.0. The van der Waals surface area contributed by atoms with Crippen LogP contribution in [0.5, 0.6) is 0 Å². The zero-order valence-electron chi connectivity index (χ0n) is 19.8. The van der Waals surface area contributed by atoms with E-state index in [4.69, 9.17) is 4.74 Å². The van der Waals surface area contributed by atoms with Crippen molar-refractivity contribution in [1.29, 1.82) is 0 Å². The van der Waals surface area contributed by atoms with Crippen molar-refractivity contribution in [1.82, 2.24) is 0 Å². The van der Waals surface area contributed by atoms with Crippen molar-refractivity contribution >= 4 is 34.6 Å². The van der Waals surface area contributed by atoms with Crippen molar-refractivity contribution in [3.63, 3.8) is 0 Å². The first-order valence-electron chi connectivity index (χ1n) is 11.1. The van der Waals surface area contributed by atoms with Gasteiger partial charge in [0, 0.05) is 18.5 Å². The number of anilines is 4. The van der Waals surface area contributed by atoms with E-state index < -0.39 is 34.8 Å². The summed E-state index contributed by atoms with van der Waals surface area (Å²) in [5.41, 5.74) is 1.18. The van der Waals surface area contributed by atoms with E-state index in [0.717, 1.165) is 23.3 Å². The molecular weight excluding hydrogens is 473 g/mol. The molecule has 1 aliphatic heterocycles. The van der Waals surface area contributed by atoms with Crippen molar-refractivity contribution in [2.24, 2.45) is 0 Å². The van der Waals surface area contributed by atoms with E-state index in [1.807, 2.05) is 26.0 Å². The predicted molar refractivity (Wildman–Crippen MR) is 132 cm³/mol. The number of amides is 2. The van der Waals surface area contributed by atoms with Gasteiger partial charge in [0.25, 0.3) is 11.8 Å². The van der Waals surface area contributed by atoms with Crippen molar-refractivity contribution in [2.75, 3.05) is 35.0 Å². The van der Waals surface area contributed by atoms with Gasteiger partial charge in [0.15, 0.2) is 0 Å². The number of hydrogen-bond acceptors (Lipinski definition) is 5. The molecule has 0 bridgehead atoms. The molecule has 10 heteroatoms. The van der Waals surface area contributed by atoms with Crippen LogP contribution >= 0.6 is 0 Å². The monoisotopic (exact) mass is 498 g/mol. The molecule has 0 saturated carbocycles. The highest BCUT2D eigenvalue weighted by Crippen LogP contribution is 2.37. The van der Waals surface area contributed by atoms with Gasteiger partial charge in [-0.05, 0) is 67.4 Å². The summed E-state index contributed by atoms with van der Waals surface area (Å²) in [6, 6.07) is 14.8. The number of alkyl halides is 3. The average Bonchev–Trinajstić information content (AvgIpc) is 3.20. The highest BCUT2D eigenvalue weighted by atomic mass is 19.4. The maximum atomic E-state index is 13.3. The quantitative estimate of drug-likeness (QED) is 0.366. The molecular formula is C26H25F3N4O3. The Labute approximate surface area is 206 Å². The number of hydrogen-bond donors (Lipinski definition) is 4. The zero-order valence-corrected chi connectivity index (χ0v) is 19.8. The number of rotatable bonds is 6. The third-order valence-electron chi connectivity index (χ3n) is 5.96. The highest BCUT2D eigenvalue weighted by Gasteiger charge is 2.44. The number of benzene rings is 3. The molecule has 0 aromatic heterocycles. The second kappa shape index (κ2) is 9.54. The van der Waals surface area contributed by atoms with Gasteiger partial charge >= 0.3 is 6.18 Å². The van der Waals surface area contributed by atoms with Crippen LogP contribution in [-0.4, -0.2) is 31.2 Å². The van der Waals surface area contributed by atoms with Gasteiger partial charge in [-0.15, -0.1) is 0 Å². The molecule has 0 fully saturated rings. The summed E-state index contributed by atoms with van der Waals surface area (Å²) in [6.45, 7) is 3.89. The highest BCUT2D eigenvalue weighted by molar-refractivity contribution is 6.07. The van der Waals surface area contributed by atoms with Gasteiger partial charge in [-0.3, -0.25) is 9.59 Å². The van der Waals surface area contributed by atoms with Gasteiger partial charge in [-0.25, -0.2) is 0 Å². The van der Waals surface area contributed by atoms with Crippen LogP contribution in [0.25, 0.3) is 0 Å². The molecule has 1 aliphatic rings. The first-order valence-corrected chi connectivity index (χ1v) is 11.1. The summed E-state index contributed by atoms with van der Waals surface area (Å²) in [4.78, 5) is 25.9. The molecule has 1 atom stereocenters. The minimum atomic E-state index is -4.67. The molecule has 0 saturated heterocycles. The standard InChI is InChI=1S/C26H25F3N4O3/c1-15-8-9-17(12-16(15)2)31-24(35)25(14-36-3)32-21-11-10-18(13-22(21)33-25)30-23(34)19-6-4-5-7-20(19)26(27,28)29/h4-13,32-33H,14H2,1-3H3,(H,30,34)(H,31,35). The van der Waals surface area contributed by atoms with Crippen LogP contribution < -0.4 is 21.3 Å². The van der Waals surface area contributed by atoms with Crippen LogP contribution in [0.2, 0.25) is 0 Å². The Morgan fingerprint density at radius 1 is 0.889 bits per heavy atom. The van der Waals surface area contributed by atoms with Crippen molar-refractivity contribution in [2.45, 2.75) is 25.7 Å². The van der Waals surface area contributed by atoms with Gasteiger partial charge in [0.05, 0.1) is 29.1 Å². The van der Waals surface area contributed by atoms with Crippen LogP contribution in [0.15, 0.2) is 60.7 Å². The van der Waals surface area contributed by atoms with E-state index in [2.05, 4.69) is 21.3 Å². The number of nitrogens with one attached hydrogen (secondary N) is 4. The van der Waals surface area contributed by atoms with Crippen LogP contribution in [0.3, 0.4) is 0 Å². The van der Waals surface area contributed by atoms with E-state index >= 15 is 0 Å². The van der Waals surface area contributed by atoms with Crippen LogP contribution in [0.4, 0.5) is 35.9 Å². The van der Waals surface area contributed by atoms with Crippen molar-refractivity contribution < 1.29 is 27.5 Å². The van der Waals surface area contributed by atoms with Crippen molar-refractivity contribution in [3.05, 3.63) is 82.9 Å². The lowest BCUT2D eigenvalue weighted by molar-refractivity contribution is -0.137. The smallest absolute Gasteiger partial charge is 0.380 e. The summed E-state index contributed by atoms with van der Waals surface area (Å²) in [5.74, 6) is -1.29. The zero-order chi connectivity index (χ0) is 26.1. The van der Waals surface area contributed by atoms with E-state index in [-0.39, 0.29) is 12.3 Å². The second-order valence-electron chi connectivity index (χ2n) is 8.60. The summed E-state index contributed by atoms with van der Waals surface area (Å²) in [6.07, 6.45) is -4.67. The Morgan fingerprint density at radius 3 is 2.25 bits per heavy atom. The molecule has 2 amide bonds. The Morgan fingerprint density at radius 2 is 1.56 bits per heavy atom. The molecule has 4 N–H and O–H groups in total. The Hall–Kier alpha value is -4.05. The fraction of sp³-hybridized carbons (Fsp3) is 0.231. The Bertz CT molecular complexity index is 1330. The lowest BCUT2D eigenvalue weighted by Gasteiger charge is -2.28. The minimum absolute atomic E-state index is 0.0288. The number of aryl methyl sites for hydroxylation is 2. The van der Waals surface area contributed by atoms with E-state index in [9.17, 15) is 22.8 Å². The van der Waals surface area contributed by atoms with Crippen LogP contribution in [-0.2, 0) is 15.7 Å². The minimum Gasteiger partial charge on any atom is -0.380 e. The number of methoxy groups -OCH3 is 1. The number of fused-ring (bicyclic) bond motifs is 1. The van der Waals surface area contributed by atoms with Gasteiger partial charge < -0.3 is 26.0 Å². The maximum Gasteiger partial charge on any atom is 0.417 e. The number of ether oxygens (including phenoxy) is 1. The summed E-state index contributed by atoms with van der Waals surface area (Å²) in [5, 5.41) is 11.6. The fourth-order valence-corrected chi connectivity index (χ4v) is 3.98. The Balaban J connectivity index is 1.55. The molecule has 7 nitrogen and oxygen atoms in total. The third-order valence-corrected chi connectivity index (χ3v) is 5.96. The SMILES string of the molecule is COCC1(C(=O)Nc2ccc(C)c(C)c2)Nc2ccc(NC(=O)c3ccccc3C(F)(F)F)cc2N1. The van der Waals surface area contributed by atoms with E-state index in [0.29, 0.717) is 17.1 Å². The molecule has 3 aromatic carbocycles. The normalized spacial score (nSPS) is 16.5.